The molecule has 0 bridgehead atoms. The summed E-state index contributed by atoms with van der Waals surface area (Å²) in [5.41, 5.74) is 1.70. The van der Waals surface area contributed by atoms with Gasteiger partial charge in [0.1, 0.15) is 0 Å². The molecule has 0 aliphatic carbocycles. The third-order valence-electron chi connectivity index (χ3n) is 3.60. The summed E-state index contributed by atoms with van der Waals surface area (Å²) in [5, 5.41) is 2.90. The molecule has 0 saturated heterocycles. The van der Waals surface area contributed by atoms with Gasteiger partial charge in [-0.1, -0.05) is 30.3 Å². The molecule has 0 saturated carbocycles. The van der Waals surface area contributed by atoms with Crippen LogP contribution >= 0.6 is 0 Å². The maximum atomic E-state index is 12.3. The second kappa shape index (κ2) is 6.75. The first-order valence-corrected chi connectivity index (χ1v) is 8.63. The third-order valence-corrected chi connectivity index (χ3v) is 5.10. The molecule has 5 heteroatoms. The second-order valence-electron chi connectivity index (χ2n) is 5.21. The van der Waals surface area contributed by atoms with Gasteiger partial charge in [-0.2, -0.15) is 0 Å². The average Bonchev–Trinajstić information content (AvgIpc) is 2.69. The predicted molar refractivity (Wildman–Crippen MR) is 89.6 cm³/mol. The summed E-state index contributed by atoms with van der Waals surface area (Å²) in [6.07, 6.45) is 0.819. The number of nitrogens with zero attached hydrogens (tertiary/aromatic N) is 1. The molecule has 0 spiro atoms. The van der Waals surface area contributed by atoms with Gasteiger partial charge in [-0.25, -0.2) is 0 Å². The van der Waals surface area contributed by atoms with Crippen molar-refractivity contribution in [2.24, 2.45) is 0 Å². The van der Waals surface area contributed by atoms with Crippen molar-refractivity contribution < 1.29 is 9.00 Å². The number of carbonyl (C=O) groups is 1. The van der Waals surface area contributed by atoms with Crippen LogP contribution in [-0.4, -0.2) is 29.0 Å². The monoisotopic (exact) mass is 314 g/mol. The van der Waals surface area contributed by atoms with Crippen molar-refractivity contribution in [3.63, 3.8) is 0 Å². The molecule has 2 aromatic rings. The Morgan fingerprint density at radius 3 is 2.64 bits per heavy atom. The van der Waals surface area contributed by atoms with E-state index in [9.17, 15) is 9.00 Å². The van der Waals surface area contributed by atoms with Gasteiger partial charge >= 0.3 is 0 Å². The van der Waals surface area contributed by atoms with Crippen LogP contribution in [-0.2, 0) is 15.6 Å². The Morgan fingerprint density at radius 2 is 1.82 bits per heavy atom. The average molecular weight is 314 g/mol. The van der Waals surface area contributed by atoms with Crippen LogP contribution in [0.2, 0.25) is 0 Å². The van der Waals surface area contributed by atoms with Crippen molar-refractivity contribution >= 4 is 28.1 Å². The van der Waals surface area contributed by atoms with Crippen LogP contribution in [0.5, 0.6) is 0 Å². The minimum absolute atomic E-state index is 0.0614. The first kappa shape index (κ1) is 14.8. The summed E-state index contributed by atoms with van der Waals surface area (Å²) in [5.74, 6) is 0.585. The molecule has 22 heavy (non-hydrogen) atoms. The topological polar surface area (TPSA) is 49.4 Å². The quantitative estimate of drug-likeness (QED) is 0.947. The first-order chi connectivity index (χ1) is 10.7. The third kappa shape index (κ3) is 3.36. The number of rotatable bonds is 3. The molecule has 1 N–H and O–H groups in total. The lowest BCUT2D eigenvalue weighted by Gasteiger charge is -2.23. The molecule has 0 aromatic heterocycles. The summed E-state index contributed by atoms with van der Waals surface area (Å²) >= 11 is 0. The van der Waals surface area contributed by atoms with Gasteiger partial charge in [0.25, 0.3) is 0 Å². The highest BCUT2D eigenvalue weighted by Gasteiger charge is 2.21. The predicted octanol–water partition coefficient (Wildman–Crippen LogP) is 2.64. The van der Waals surface area contributed by atoms with Crippen LogP contribution in [0.4, 0.5) is 11.4 Å². The van der Waals surface area contributed by atoms with Gasteiger partial charge in [0.15, 0.2) is 0 Å². The van der Waals surface area contributed by atoms with E-state index in [0.717, 1.165) is 29.2 Å². The highest BCUT2D eigenvalue weighted by atomic mass is 32.2. The van der Waals surface area contributed by atoms with Crippen LogP contribution in [0.25, 0.3) is 0 Å². The van der Waals surface area contributed by atoms with Crippen molar-refractivity contribution in [1.82, 2.24) is 0 Å². The zero-order valence-electron chi connectivity index (χ0n) is 12.2. The zero-order valence-corrected chi connectivity index (χ0v) is 13.0. The summed E-state index contributed by atoms with van der Waals surface area (Å²) in [7, 11) is -0.979. The van der Waals surface area contributed by atoms with Crippen molar-refractivity contribution in [3.8, 4) is 0 Å². The smallest absolute Gasteiger partial charge is 0.243 e. The van der Waals surface area contributed by atoms with E-state index in [1.165, 1.54) is 0 Å². The highest BCUT2D eigenvalue weighted by Crippen LogP contribution is 2.27. The van der Waals surface area contributed by atoms with Crippen LogP contribution in [0.15, 0.2) is 59.5 Å². The van der Waals surface area contributed by atoms with Gasteiger partial charge in [-0.15, -0.1) is 0 Å². The lowest BCUT2D eigenvalue weighted by molar-refractivity contribution is -0.115. The van der Waals surface area contributed by atoms with Crippen molar-refractivity contribution in [3.05, 3.63) is 54.6 Å². The SMILES string of the molecule is O=C(CN1CCCS(=O)c2ccccc21)Nc1ccccc1. The number of hydrogen-bond donors (Lipinski definition) is 1. The fourth-order valence-corrected chi connectivity index (χ4v) is 3.86. The minimum Gasteiger partial charge on any atom is -0.361 e. The molecular weight excluding hydrogens is 296 g/mol. The summed E-state index contributed by atoms with van der Waals surface area (Å²) < 4.78 is 12.2. The molecule has 0 fully saturated rings. The van der Waals surface area contributed by atoms with E-state index in [-0.39, 0.29) is 12.5 Å². The summed E-state index contributed by atoms with van der Waals surface area (Å²) in [6, 6.07) is 17.1. The van der Waals surface area contributed by atoms with E-state index >= 15 is 0 Å². The molecule has 1 heterocycles. The van der Waals surface area contributed by atoms with Crippen LogP contribution < -0.4 is 10.2 Å². The summed E-state index contributed by atoms with van der Waals surface area (Å²) in [4.78, 5) is 15.1. The Morgan fingerprint density at radius 1 is 1.09 bits per heavy atom. The standard InChI is InChI=1S/C17H18N2O2S/c20-17(18-14-7-2-1-3-8-14)13-19-11-6-12-22(21)16-10-5-4-9-15(16)19/h1-5,7-10H,6,11-13H2,(H,18,20). The van der Waals surface area contributed by atoms with E-state index in [1.807, 2.05) is 59.5 Å². The first-order valence-electron chi connectivity index (χ1n) is 7.31. The number of fused-ring (bicyclic) bond motifs is 1. The van der Waals surface area contributed by atoms with Gasteiger partial charge < -0.3 is 10.2 Å². The molecule has 1 amide bonds. The molecule has 114 valence electrons. The number of amides is 1. The van der Waals surface area contributed by atoms with E-state index in [4.69, 9.17) is 0 Å². The van der Waals surface area contributed by atoms with Crippen molar-refractivity contribution in [2.75, 3.05) is 29.1 Å². The second-order valence-corrected chi connectivity index (χ2v) is 6.75. The van der Waals surface area contributed by atoms with E-state index in [2.05, 4.69) is 5.32 Å². The molecule has 1 atom stereocenters. The molecule has 4 nitrogen and oxygen atoms in total. The van der Waals surface area contributed by atoms with Crippen LogP contribution in [0, 0.1) is 0 Å². The highest BCUT2D eigenvalue weighted by molar-refractivity contribution is 7.85. The normalized spacial score (nSPS) is 17.5. The van der Waals surface area contributed by atoms with Gasteiger partial charge in [0.05, 0.1) is 27.9 Å². The number of carbonyl (C=O) groups excluding carboxylic acids is 1. The maximum Gasteiger partial charge on any atom is 0.243 e. The molecule has 3 rings (SSSR count). The number of para-hydroxylation sites is 2. The molecule has 2 aromatic carbocycles. The number of anilines is 2. The Balaban J connectivity index is 1.76. The van der Waals surface area contributed by atoms with E-state index < -0.39 is 10.8 Å². The number of benzene rings is 2. The molecular formula is C17H18N2O2S. The van der Waals surface area contributed by atoms with Gasteiger partial charge in [-0.05, 0) is 30.7 Å². The van der Waals surface area contributed by atoms with Crippen LogP contribution in [0.3, 0.4) is 0 Å². The Labute approximate surface area is 132 Å². The van der Waals surface area contributed by atoms with Gasteiger partial charge in [0, 0.05) is 18.0 Å². The van der Waals surface area contributed by atoms with Crippen molar-refractivity contribution in [2.45, 2.75) is 11.3 Å². The largest absolute Gasteiger partial charge is 0.361 e. The molecule has 1 aliphatic rings. The fourth-order valence-electron chi connectivity index (χ4n) is 2.59. The maximum absolute atomic E-state index is 12.3. The van der Waals surface area contributed by atoms with E-state index in [1.54, 1.807) is 0 Å². The molecule has 1 unspecified atom stereocenters. The lowest BCUT2D eigenvalue weighted by Crippen LogP contribution is -2.34. The van der Waals surface area contributed by atoms with Gasteiger partial charge in [0.2, 0.25) is 5.91 Å². The number of nitrogens with one attached hydrogen (secondary N) is 1. The van der Waals surface area contributed by atoms with Gasteiger partial charge in [-0.3, -0.25) is 9.00 Å². The fraction of sp³-hybridized carbons (Fsp3) is 0.235. The molecule has 1 aliphatic heterocycles. The lowest BCUT2D eigenvalue weighted by atomic mass is 10.2. The molecule has 0 radical (unpaired) electrons. The van der Waals surface area contributed by atoms with E-state index in [0.29, 0.717) is 5.75 Å². The number of hydrogen-bond acceptors (Lipinski definition) is 3. The zero-order chi connectivity index (χ0) is 15.4. The Bertz CT molecular complexity index is 688. The Hall–Kier alpha value is -2.14. The summed E-state index contributed by atoms with van der Waals surface area (Å²) in [6.45, 7) is 1.01. The minimum atomic E-state index is -0.979. The Kier molecular flexibility index (Phi) is 4.53. The van der Waals surface area contributed by atoms with Crippen molar-refractivity contribution in [1.29, 1.82) is 0 Å². The van der Waals surface area contributed by atoms with Crippen LogP contribution in [0.1, 0.15) is 6.42 Å².